The van der Waals surface area contributed by atoms with E-state index in [9.17, 15) is 33.4 Å². The second-order valence-electron chi connectivity index (χ2n) is 4.77. The van der Waals surface area contributed by atoms with E-state index in [1.807, 2.05) is 0 Å². The first-order valence-electron chi connectivity index (χ1n) is 6.37. The number of halogens is 6. The van der Waals surface area contributed by atoms with Gasteiger partial charge in [-0.25, -0.2) is 0 Å². The summed E-state index contributed by atoms with van der Waals surface area (Å²) in [7, 11) is 0. The highest BCUT2D eigenvalue weighted by molar-refractivity contribution is 9.11. The highest BCUT2D eigenvalue weighted by Crippen LogP contribution is 2.45. The minimum Gasteiger partial charge on any atom is -0.348 e. The monoisotopic (exact) mass is 517 g/mol. The van der Waals surface area contributed by atoms with Gasteiger partial charge in [0.15, 0.2) is 0 Å². The molecule has 0 unspecified atom stereocenters. The van der Waals surface area contributed by atoms with Gasteiger partial charge in [0.1, 0.15) is 5.69 Å². The van der Waals surface area contributed by atoms with Crippen molar-refractivity contribution < 1.29 is 23.0 Å². The summed E-state index contributed by atoms with van der Waals surface area (Å²) in [6, 6.07) is 3.48. The summed E-state index contributed by atoms with van der Waals surface area (Å²) in [5, 5.41) is 24.3. The molecule has 0 amide bonds. The number of non-ortho nitro benzene ring substituents is 1. The van der Waals surface area contributed by atoms with Crippen LogP contribution in [-0.4, -0.2) is 9.85 Å². The number of nitro groups is 2. The van der Waals surface area contributed by atoms with Crippen molar-refractivity contribution in [1.29, 1.82) is 0 Å². The minimum absolute atomic E-state index is 0.0334. The number of anilines is 2. The number of alkyl halides is 3. The van der Waals surface area contributed by atoms with Crippen molar-refractivity contribution in [1.82, 2.24) is 0 Å². The summed E-state index contributed by atoms with van der Waals surface area (Å²) >= 11 is 12.2. The molecule has 7 nitrogen and oxygen atoms in total. The minimum atomic E-state index is -5.09. The molecule has 138 valence electrons. The molecule has 2 aromatic rings. The summed E-state index contributed by atoms with van der Waals surface area (Å²) in [5.41, 5.74) is -4.77. The smallest absolute Gasteiger partial charge is 0.348 e. The fourth-order valence-electron chi connectivity index (χ4n) is 2.00. The SMILES string of the molecule is O=[N+]([O-])c1cc([N+](=O)[O-])c(Nc2cc(Br)cc(Br)c2Cl)c(C(F)(F)F)c1. The predicted molar refractivity (Wildman–Crippen MR) is 94.9 cm³/mol. The van der Waals surface area contributed by atoms with Crippen LogP contribution < -0.4 is 5.32 Å². The van der Waals surface area contributed by atoms with Gasteiger partial charge in [-0.05, 0) is 28.1 Å². The molecule has 0 spiro atoms. The first kappa shape index (κ1) is 20.4. The third-order valence-electron chi connectivity index (χ3n) is 3.07. The molecule has 0 aromatic heterocycles. The van der Waals surface area contributed by atoms with Crippen molar-refractivity contribution in [3.63, 3.8) is 0 Å². The Balaban J connectivity index is 2.78. The highest BCUT2D eigenvalue weighted by Gasteiger charge is 2.40. The Labute approximate surface area is 164 Å². The van der Waals surface area contributed by atoms with Crippen molar-refractivity contribution in [2.24, 2.45) is 0 Å². The van der Waals surface area contributed by atoms with E-state index in [0.717, 1.165) is 0 Å². The van der Waals surface area contributed by atoms with Gasteiger partial charge in [-0.15, -0.1) is 0 Å². The Morgan fingerprint density at radius 1 is 1.04 bits per heavy atom. The maximum absolute atomic E-state index is 13.4. The van der Waals surface area contributed by atoms with E-state index in [4.69, 9.17) is 11.6 Å². The summed E-state index contributed by atoms with van der Waals surface area (Å²) < 4.78 is 40.8. The predicted octanol–water partition coefficient (Wildman–Crippen LogP) is 6.44. The van der Waals surface area contributed by atoms with Gasteiger partial charge in [-0.1, -0.05) is 27.5 Å². The molecule has 0 bridgehead atoms. The maximum atomic E-state index is 13.4. The Morgan fingerprint density at radius 2 is 1.65 bits per heavy atom. The van der Waals surface area contributed by atoms with Gasteiger partial charge in [0.25, 0.3) is 11.4 Å². The molecule has 0 heterocycles. The Kier molecular flexibility index (Phi) is 5.78. The molecule has 2 aromatic carbocycles. The normalized spacial score (nSPS) is 11.3. The van der Waals surface area contributed by atoms with E-state index in [-0.39, 0.29) is 16.8 Å². The standard InChI is InChI=1S/C13H5Br2ClF3N3O4/c14-5-1-8(15)11(16)9(2-5)20-12-7(13(17,18)19)3-6(21(23)24)4-10(12)22(25)26/h1-4,20H. The average molecular weight is 519 g/mol. The Morgan fingerprint density at radius 3 is 2.15 bits per heavy atom. The molecule has 0 aliphatic carbocycles. The zero-order chi connectivity index (χ0) is 19.8. The van der Waals surface area contributed by atoms with E-state index >= 15 is 0 Å². The number of nitro benzene ring substituents is 2. The average Bonchev–Trinajstić information content (AvgIpc) is 2.50. The summed E-state index contributed by atoms with van der Waals surface area (Å²) in [5.74, 6) is 0. The first-order chi connectivity index (χ1) is 11.9. The molecule has 0 radical (unpaired) electrons. The number of nitrogens with one attached hydrogen (secondary N) is 1. The molecular weight excluding hydrogens is 514 g/mol. The van der Waals surface area contributed by atoms with Crippen LogP contribution in [0.15, 0.2) is 33.2 Å². The largest absolute Gasteiger partial charge is 0.418 e. The molecular formula is C13H5Br2ClF3N3O4. The Hall–Kier alpha value is -1.92. The topological polar surface area (TPSA) is 98.3 Å². The Bertz CT molecular complexity index is 924. The van der Waals surface area contributed by atoms with E-state index < -0.39 is 38.6 Å². The molecule has 13 heteroatoms. The number of benzene rings is 2. The molecule has 0 saturated heterocycles. The first-order valence-corrected chi connectivity index (χ1v) is 8.33. The van der Waals surface area contributed by atoms with Gasteiger partial charge in [0.2, 0.25) is 0 Å². The lowest BCUT2D eigenvalue weighted by atomic mass is 10.1. The zero-order valence-electron chi connectivity index (χ0n) is 12.1. The molecule has 1 N–H and O–H groups in total. The lowest BCUT2D eigenvalue weighted by Gasteiger charge is -2.16. The summed E-state index contributed by atoms with van der Waals surface area (Å²) in [4.78, 5) is 19.7. The number of rotatable bonds is 4. The fourth-order valence-corrected chi connectivity index (χ4v) is 3.38. The van der Waals surface area contributed by atoms with Crippen LogP contribution in [0.1, 0.15) is 5.56 Å². The van der Waals surface area contributed by atoms with Crippen LogP contribution in [-0.2, 0) is 6.18 Å². The third kappa shape index (κ3) is 4.24. The van der Waals surface area contributed by atoms with Crippen LogP contribution in [0.3, 0.4) is 0 Å². The second-order valence-corrected chi connectivity index (χ2v) is 6.92. The zero-order valence-corrected chi connectivity index (χ0v) is 16.0. The molecule has 0 atom stereocenters. The van der Waals surface area contributed by atoms with Crippen LogP contribution in [0.2, 0.25) is 5.02 Å². The van der Waals surface area contributed by atoms with Crippen LogP contribution >= 0.6 is 43.5 Å². The molecule has 0 fully saturated rings. The number of nitrogens with zero attached hydrogens (tertiary/aromatic N) is 2. The molecule has 0 saturated carbocycles. The van der Waals surface area contributed by atoms with Gasteiger partial charge < -0.3 is 5.32 Å². The van der Waals surface area contributed by atoms with Crippen molar-refractivity contribution in [2.75, 3.05) is 5.32 Å². The fraction of sp³-hybridized carbons (Fsp3) is 0.0769. The van der Waals surface area contributed by atoms with Crippen LogP contribution in [0, 0.1) is 20.2 Å². The van der Waals surface area contributed by atoms with Crippen LogP contribution in [0.4, 0.5) is 35.9 Å². The van der Waals surface area contributed by atoms with E-state index in [2.05, 4.69) is 37.2 Å². The van der Waals surface area contributed by atoms with Crippen molar-refractivity contribution in [2.45, 2.75) is 6.18 Å². The third-order valence-corrected chi connectivity index (χ3v) is 4.79. The van der Waals surface area contributed by atoms with Gasteiger partial charge in [-0.2, -0.15) is 13.2 Å². The second kappa shape index (κ2) is 7.37. The van der Waals surface area contributed by atoms with Crippen molar-refractivity contribution >= 4 is 66.2 Å². The van der Waals surface area contributed by atoms with Gasteiger partial charge in [0, 0.05) is 15.0 Å². The molecule has 0 aliphatic heterocycles. The van der Waals surface area contributed by atoms with Crippen LogP contribution in [0.25, 0.3) is 0 Å². The maximum Gasteiger partial charge on any atom is 0.418 e. The summed E-state index contributed by atoms with van der Waals surface area (Å²) in [6.07, 6.45) is -5.09. The molecule has 26 heavy (non-hydrogen) atoms. The number of hydrogen-bond donors (Lipinski definition) is 1. The van der Waals surface area contributed by atoms with Gasteiger partial charge in [-0.3, -0.25) is 20.2 Å². The van der Waals surface area contributed by atoms with Crippen LogP contribution in [0.5, 0.6) is 0 Å². The molecule has 0 aliphatic rings. The lowest BCUT2D eigenvalue weighted by molar-refractivity contribution is -0.394. The van der Waals surface area contributed by atoms with E-state index in [1.165, 1.54) is 12.1 Å². The van der Waals surface area contributed by atoms with Crippen molar-refractivity contribution in [3.8, 4) is 0 Å². The van der Waals surface area contributed by atoms with E-state index in [0.29, 0.717) is 15.0 Å². The van der Waals surface area contributed by atoms with Gasteiger partial charge in [0.05, 0.1) is 32.2 Å². The highest BCUT2D eigenvalue weighted by atomic mass is 79.9. The number of hydrogen-bond acceptors (Lipinski definition) is 5. The summed E-state index contributed by atoms with van der Waals surface area (Å²) in [6.45, 7) is 0. The van der Waals surface area contributed by atoms with E-state index in [1.54, 1.807) is 0 Å². The quantitative estimate of drug-likeness (QED) is 0.285. The van der Waals surface area contributed by atoms with Crippen molar-refractivity contribution in [3.05, 3.63) is 64.0 Å². The lowest BCUT2D eigenvalue weighted by Crippen LogP contribution is -2.12. The molecule has 2 rings (SSSR count). The van der Waals surface area contributed by atoms with Gasteiger partial charge >= 0.3 is 6.18 Å².